The molecule has 0 unspecified atom stereocenters. The summed E-state index contributed by atoms with van der Waals surface area (Å²) in [5.74, 6) is 0.0932. The largest absolute Gasteiger partial charge is 0.505 e. The molecule has 0 saturated carbocycles. The number of hydrogen-bond donors (Lipinski definition) is 2. The van der Waals surface area contributed by atoms with Gasteiger partial charge < -0.3 is 10.8 Å². The number of phenols is 1. The van der Waals surface area contributed by atoms with E-state index in [-0.39, 0.29) is 5.75 Å². The van der Waals surface area contributed by atoms with Gasteiger partial charge in [-0.3, -0.25) is 0 Å². The fourth-order valence-corrected chi connectivity index (χ4v) is 2.11. The highest BCUT2D eigenvalue weighted by Crippen LogP contribution is 2.36. The van der Waals surface area contributed by atoms with E-state index in [0.717, 1.165) is 16.6 Å². The Morgan fingerprint density at radius 2 is 1.62 bits per heavy atom. The molecular formula is C17H15N3O. The van der Waals surface area contributed by atoms with Gasteiger partial charge in [0.2, 0.25) is 0 Å². The maximum absolute atomic E-state index is 10.3. The number of rotatable bonds is 2. The van der Waals surface area contributed by atoms with Crippen LogP contribution in [0, 0.1) is 6.92 Å². The van der Waals surface area contributed by atoms with Crippen LogP contribution in [0.25, 0.3) is 10.8 Å². The number of nitrogen functional groups attached to an aromatic ring is 1. The number of aromatic hydroxyl groups is 1. The van der Waals surface area contributed by atoms with Crippen molar-refractivity contribution < 1.29 is 5.11 Å². The summed E-state index contributed by atoms with van der Waals surface area (Å²) < 4.78 is 0. The van der Waals surface area contributed by atoms with Crippen molar-refractivity contribution in [2.45, 2.75) is 6.92 Å². The molecule has 3 aromatic carbocycles. The number of aryl methyl sites for hydroxylation is 1. The molecular weight excluding hydrogens is 262 g/mol. The van der Waals surface area contributed by atoms with E-state index >= 15 is 0 Å². The van der Waals surface area contributed by atoms with E-state index in [1.54, 1.807) is 18.2 Å². The van der Waals surface area contributed by atoms with Crippen molar-refractivity contribution in [3.63, 3.8) is 0 Å². The van der Waals surface area contributed by atoms with Crippen LogP contribution in [-0.2, 0) is 0 Å². The Kier molecular flexibility index (Phi) is 3.28. The second-order valence-corrected chi connectivity index (χ2v) is 4.95. The summed E-state index contributed by atoms with van der Waals surface area (Å²) in [5, 5.41) is 20.1. The average Bonchev–Trinajstić information content (AvgIpc) is 2.49. The van der Waals surface area contributed by atoms with E-state index in [2.05, 4.69) is 10.2 Å². The number of hydrogen-bond acceptors (Lipinski definition) is 4. The number of azo groups is 1. The lowest BCUT2D eigenvalue weighted by atomic mass is 10.1. The molecule has 0 amide bonds. The smallest absolute Gasteiger partial charge is 0.150 e. The third kappa shape index (κ3) is 2.69. The van der Waals surface area contributed by atoms with Gasteiger partial charge in [-0.15, -0.1) is 5.11 Å². The highest BCUT2D eigenvalue weighted by Gasteiger charge is 2.06. The predicted molar refractivity (Wildman–Crippen MR) is 85.4 cm³/mol. The summed E-state index contributed by atoms with van der Waals surface area (Å²) in [6, 6.07) is 16.7. The van der Waals surface area contributed by atoms with Gasteiger partial charge in [0.05, 0.1) is 5.69 Å². The van der Waals surface area contributed by atoms with Gasteiger partial charge in [0.25, 0.3) is 0 Å². The van der Waals surface area contributed by atoms with Gasteiger partial charge in [0.1, 0.15) is 5.69 Å². The van der Waals surface area contributed by atoms with E-state index in [4.69, 9.17) is 5.73 Å². The molecule has 0 spiro atoms. The molecule has 0 atom stereocenters. The molecule has 4 nitrogen and oxygen atoms in total. The van der Waals surface area contributed by atoms with Crippen LogP contribution in [0.15, 0.2) is 64.8 Å². The minimum Gasteiger partial charge on any atom is -0.505 e. The second kappa shape index (κ2) is 5.25. The first-order chi connectivity index (χ1) is 10.1. The molecule has 0 aliphatic rings. The van der Waals surface area contributed by atoms with E-state index in [1.807, 2.05) is 43.3 Å². The Labute approximate surface area is 122 Å². The number of benzene rings is 3. The average molecular weight is 277 g/mol. The van der Waals surface area contributed by atoms with Crippen LogP contribution in [0.4, 0.5) is 17.1 Å². The zero-order chi connectivity index (χ0) is 14.8. The third-order valence-corrected chi connectivity index (χ3v) is 3.30. The van der Waals surface area contributed by atoms with Gasteiger partial charge in [0, 0.05) is 11.1 Å². The normalized spacial score (nSPS) is 11.3. The molecule has 0 saturated heterocycles. The fraction of sp³-hybridized carbons (Fsp3) is 0.0588. The molecule has 0 fully saturated rings. The molecule has 3 rings (SSSR count). The highest BCUT2D eigenvalue weighted by atomic mass is 16.3. The molecule has 21 heavy (non-hydrogen) atoms. The third-order valence-electron chi connectivity index (χ3n) is 3.30. The summed E-state index contributed by atoms with van der Waals surface area (Å²) in [4.78, 5) is 0. The van der Waals surface area contributed by atoms with E-state index in [9.17, 15) is 5.11 Å². The SMILES string of the molecule is Cc1ccc(N=Nc2ccc3ccc(N)cc3c2O)cc1. The highest BCUT2D eigenvalue weighted by molar-refractivity contribution is 5.94. The van der Waals surface area contributed by atoms with E-state index in [1.165, 1.54) is 0 Å². The van der Waals surface area contributed by atoms with Crippen LogP contribution < -0.4 is 5.73 Å². The van der Waals surface area contributed by atoms with E-state index in [0.29, 0.717) is 16.8 Å². The Morgan fingerprint density at radius 3 is 2.38 bits per heavy atom. The summed E-state index contributed by atoms with van der Waals surface area (Å²) in [6.07, 6.45) is 0. The van der Waals surface area contributed by atoms with E-state index < -0.39 is 0 Å². The first-order valence-electron chi connectivity index (χ1n) is 6.63. The monoisotopic (exact) mass is 277 g/mol. The standard InChI is InChI=1S/C17H15N3O/c1-11-2-7-14(8-3-11)19-20-16-9-5-12-4-6-13(18)10-15(12)17(16)21/h2-10,21H,18H2,1H3. The number of nitrogens with two attached hydrogens (primary N) is 1. The van der Waals surface area contributed by atoms with Gasteiger partial charge >= 0.3 is 0 Å². The Hall–Kier alpha value is -2.88. The molecule has 0 bridgehead atoms. The summed E-state index contributed by atoms with van der Waals surface area (Å²) in [5.41, 5.74) is 8.69. The quantitative estimate of drug-likeness (QED) is 0.519. The van der Waals surface area contributed by atoms with Crippen LogP contribution in [0.2, 0.25) is 0 Å². The lowest BCUT2D eigenvalue weighted by Gasteiger charge is -2.04. The maximum Gasteiger partial charge on any atom is 0.150 e. The van der Waals surface area contributed by atoms with Gasteiger partial charge in [-0.2, -0.15) is 5.11 Å². The molecule has 3 N–H and O–H groups in total. The molecule has 0 aliphatic carbocycles. The molecule has 4 heteroatoms. The molecule has 0 heterocycles. The van der Waals surface area contributed by atoms with Crippen molar-refractivity contribution >= 4 is 27.8 Å². The Balaban J connectivity index is 2.00. The minimum atomic E-state index is 0.0932. The van der Waals surface area contributed by atoms with Gasteiger partial charge in [-0.1, -0.05) is 29.8 Å². The van der Waals surface area contributed by atoms with Gasteiger partial charge in [-0.05, 0) is 42.6 Å². The molecule has 0 aliphatic heterocycles. The van der Waals surface area contributed by atoms with Crippen LogP contribution in [0.1, 0.15) is 5.56 Å². The minimum absolute atomic E-state index is 0.0932. The number of fused-ring (bicyclic) bond motifs is 1. The van der Waals surface area contributed by atoms with Crippen molar-refractivity contribution in [3.05, 3.63) is 60.2 Å². The molecule has 3 aromatic rings. The van der Waals surface area contributed by atoms with Crippen molar-refractivity contribution in [1.29, 1.82) is 0 Å². The van der Waals surface area contributed by atoms with Crippen molar-refractivity contribution in [1.82, 2.24) is 0 Å². The summed E-state index contributed by atoms with van der Waals surface area (Å²) >= 11 is 0. The van der Waals surface area contributed by atoms with Crippen molar-refractivity contribution in [2.75, 3.05) is 5.73 Å². The topological polar surface area (TPSA) is 71.0 Å². The van der Waals surface area contributed by atoms with Crippen LogP contribution in [0.5, 0.6) is 5.75 Å². The molecule has 0 aromatic heterocycles. The second-order valence-electron chi connectivity index (χ2n) is 4.95. The zero-order valence-corrected chi connectivity index (χ0v) is 11.6. The Bertz CT molecular complexity index is 823. The number of anilines is 1. The maximum atomic E-state index is 10.3. The van der Waals surface area contributed by atoms with Crippen molar-refractivity contribution in [3.8, 4) is 5.75 Å². The van der Waals surface area contributed by atoms with Crippen molar-refractivity contribution in [2.24, 2.45) is 10.2 Å². The molecule has 0 radical (unpaired) electrons. The predicted octanol–water partition coefficient (Wildman–Crippen LogP) is 4.85. The fourth-order valence-electron chi connectivity index (χ4n) is 2.11. The summed E-state index contributed by atoms with van der Waals surface area (Å²) in [6.45, 7) is 2.01. The van der Waals surface area contributed by atoms with Crippen LogP contribution in [-0.4, -0.2) is 5.11 Å². The number of nitrogens with zero attached hydrogens (tertiary/aromatic N) is 2. The zero-order valence-electron chi connectivity index (χ0n) is 11.6. The Morgan fingerprint density at radius 1 is 0.905 bits per heavy atom. The first-order valence-corrected chi connectivity index (χ1v) is 6.63. The van der Waals surface area contributed by atoms with Gasteiger partial charge in [0.15, 0.2) is 5.75 Å². The molecule has 104 valence electrons. The van der Waals surface area contributed by atoms with Gasteiger partial charge in [-0.25, -0.2) is 0 Å². The number of phenolic OH excluding ortho intramolecular Hbond substituents is 1. The van der Waals surface area contributed by atoms with Crippen LogP contribution >= 0.6 is 0 Å². The lowest BCUT2D eigenvalue weighted by Crippen LogP contribution is -1.84. The van der Waals surface area contributed by atoms with Crippen LogP contribution in [0.3, 0.4) is 0 Å². The first kappa shape index (κ1) is 13.1. The summed E-state index contributed by atoms with van der Waals surface area (Å²) in [7, 11) is 0. The lowest BCUT2D eigenvalue weighted by molar-refractivity contribution is 0.482.